The Morgan fingerprint density at radius 1 is 1.03 bits per heavy atom. The first-order chi connectivity index (χ1) is 14.4. The van der Waals surface area contributed by atoms with Crippen LogP contribution in [0.2, 0.25) is 0 Å². The van der Waals surface area contributed by atoms with E-state index in [1.54, 1.807) is 0 Å². The van der Waals surface area contributed by atoms with Crippen LogP contribution in [-0.2, 0) is 25.6 Å². The number of hydrogen-bond acceptors (Lipinski definition) is 8. The van der Waals surface area contributed by atoms with Crippen molar-refractivity contribution < 1.29 is 39.6 Å². The number of carboxylic acids is 4. The molecule has 0 radical (unpaired) electrons. The molecule has 0 aliphatic carbocycles. The lowest BCUT2D eigenvalue weighted by atomic mass is 10.1. The van der Waals surface area contributed by atoms with Crippen LogP contribution in [0.1, 0.15) is 25.3 Å². The van der Waals surface area contributed by atoms with Crippen molar-refractivity contribution in [3.8, 4) is 0 Å². The summed E-state index contributed by atoms with van der Waals surface area (Å²) in [6, 6.07) is 7.54. The summed E-state index contributed by atoms with van der Waals surface area (Å²) in [5.74, 6) is -3.61. The first-order valence-electron chi connectivity index (χ1n) is 9.31. The van der Waals surface area contributed by atoms with E-state index in [2.05, 4.69) is 11.1 Å². The molecule has 1 aromatic carbocycles. The molecule has 3 atom stereocenters. The van der Waals surface area contributed by atoms with Crippen LogP contribution in [0.25, 0.3) is 0 Å². The smallest absolute Gasteiger partial charge is 0.320 e. The summed E-state index contributed by atoms with van der Waals surface area (Å²) in [6.07, 6.45) is 2.17. The number of carboxylic acid groups (broad SMARTS) is 4. The fourth-order valence-electron chi connectivity index (χ4n) is 1.85. The molecule has 1 aliphatic heterocycles. The lowest BCUT2D eigenvalue weighted by Crippen LogP contribution is -2.32. The Balaban J connectivity index is 0. The van der Waals surface area contributed by atoms with Crippen LogP contribution in [0.4, 0.5) is 0 Å². The van der Waals surface area contributed by atoms with Gasteiger partial charge < -0.3 is 42.9 Å². The van der Waals surface area contributed by atoms with Crippen molar-refractivity contribution in [2.45, 2.75) is 44.3 Å². The van der Waals surface area contributed by atoms with Gasteiger partial charge in [-0.15, -0.1) is 0 Å². The van der Waals surface area contributed by atoms with Crippen molar-refractivity contribution in [3.63, 3.8) is 0 Å². The predicted molar refractivity (Wildman–Crippen MR) is 112 cm³/mol. The topological polar surface area (TPSA) is 239 Å². The molecular formula is C19H32N4O8. The summed E-state index contributed by atoms with van der Waals surface area (Å²) in [7, 11) is 0. The van der Waals surface area contributed by atoms with Gasteiger partial charge in [-0.1, -0.05) is 30.3 Å². The van der Waals surface area contributed by atoms with E-state index < -0.39 is 36.0 Å². The van der Waals surface area contributed by atoms with Crippen molar-refractivity contribution in [2.75, 3.05) is 13.1 Å². The molecule has 31 heavy (non-hydrogen) atoms. The zero-order chi connectivity index (χ0) is 24.4. The second-order valence-electron chi connectivity index (χ2n) is 6.35. The number of rotatable bonds is 6. The maximum absolute atomic E-state index is 10.4. The van der Waals surface area contributed by atoms with Gasteiger partial charge in [0.15, 0.2) is 0 Å². The summed E-state index contributed by atoms with van der Waals surface area (Å²) >= 11 is 0. The van der Waals surface area contributed by atoms with Gasteiger partial charge in [0.2, 0.25) is 0 Å². The molecule has 1 fully saturated rings. The van der Waals surface area contributed by atoms with Crippen LogP contribution in [0, 0.1) is 0 Å². The van der Waals surface area contributed by atoms with Gasteiger partial charge in [0.05, 0.1) is 6.54 Å². The van der Waals surface area contributed by atoms with E-state index in [1.807, 2.05) is 30.3 Å². The summed E-state index contributed by atoms with van der Waals surface area (Å²) in [4.78, 5) is 39.3. The molecule has 0 saturated carbocycles. The Labute approximate surface area is 180 Å². The third kappa shape index (κ3) is 18.7. The maximum Gasteiger partial charge on any atom is 0.320 e. The van der Waals surface area contributed by atoms with Gasteiger partial charge in [-0.2, -0.15) is 0 Å². The Morgan fingerprint density at radius 3 is 1.77 bits per heavy atom. The van der Waals surface area contributed by atoms with Crippen LogP contribution >= 0.6 is 0 Å². The number of carbonyl (C=O) groups is 4. The number of nitrogens with two attached hydrogens (primary N) is 3. The zero-order valence-electron chi connectivity index (χ0n) is 17.3. The van der Waals surface area contributed by atoms with E-state index in [-0.39, 0.29) is 12.6 Å². The molecule has 11 N–H and O–H groups in total. The van der Waals surface area contributed by atoms with Crippen LogP contribution in [0.5, 0.6) is 0 Å². The second kappa shape index (κ2) is 17.8. The zero-order valence-corrected chi connectivity index (χ0v) is 17.3. The molecule has 1 aliphatic rings. The predicted octanol–water partition coefficient (Wildman–Crippen LogP) is -1.09. The molecule has 1 aromatic rings. The largest absolute Gasteiger partial charge is 0.480 e. The minimum atomic E-state index is -0.968. The van der Waals surface area contributed by atoms with Gasteiger partial charge >= 0.3 is 23.9 Å². The standard InChI is InChI=1S/C9H11NO2.C5H9NO2.C3H7NO2.C2H5NO2/c10-8(9(11)12)6-7-4-2-1-3-5-7;7-5(8)4-2-1-3-6-4;1-2(4)3(5)6;3-1-2(4)5/h1-5,8H,6,10H2,(H,11,12);4,6H,1-3H2,(H,7,8);2H,4H2,1H3,(H,5,6);1,3H2,(H,4,5)/t8-;4-;2-;/m000./s1. The minimum Gasteiger partial charge on any atom is -0.480 e. The van der Waals surface area contributed by atoms with Gasteiger partial charge in [-0.05, 0) is 38.3 Å². The Morgan fingerprint density at radius 2 is 1.52 bits per heavy atom. The maximum atomic E-state index is 10.4. The monoisotopic (exact) mass is 444 g/mol. The highest BCUT2D eigenvalue weighted by molar-refractivity contribution is 5.74. The Kier molecular flexibility index (Phi) is 17.3. The summed E-state index contributed by atoms with van der Waals surface area (Å²) in [5, 5.41) is 35.2. The van der Waals surface area contributed by atoms with Crippen molar-refractivity contribution >= 4 is 23.9 Å². The van der Waals surface area contributed by atoms with Crippen molar-refractivity contribution in [2.24, 2.45) is 17.2 Å². The quantitative estimate of drug-likeness (QED) is 0.261. The SMILES string of the molecule is C[C@H](N)C(=O)O.NCC(=O)O.N[C@@H](Cc1ccccc1)C(=O)O.O=C(O)[C@@H]1CCCN1. The molecule has 0 unspecified atom stereocenters. The Hall–Kier alpha value is -3.06. The Bertz CT molecular complexity index is 664. The van der Waals surface area contributed by atoms with E-state index in [1.165, 1.54) is 6.92 Å². The number of aliphatic carboxylic acids is 4. The highest BCUT2D eigenvalue weighted by Gasteiger charge is 2.20. The first-order valence-corrected chi connectivity index (χ1v) is 9.31. The van der Waals surface area contributed by atoms with E-state index in [4.69, 9.17) is 31.9 Å². The minimum absolute atomic E-state index is 0.269. The van der Waals surface area contributed by atoms with Gasteiger partial charge in [0, 0.05) is 0 Å². The number of nitrogens with one attached hydrogen (secondary N) is 1. The molecular weight excluding hydrogens is 412 g/mol. The fourth-order valence-corrected chi connectivity index (χ4v) is 1.85. The highest BCUT2D eigenvalue weighted by atomic mass is 16.4. The van der Waals surface area contributed by atoms with E-state index in [9.17, 15) is 19.2 Å². The molecule has 12 heteroatoms. The molecule has 0 bridgehead atoms. The first kappa shape index (κ1) is 30.1. The number of benzene rings is 1. The molecule has 0 amide bonds. The van der Waals surface area contributed by atoms with Gasteiger partial charge in [0.1, 0.15) is 18.1 Å². The molecule has 0 spiro atoms. The van der Waals surface area contributed by atoms with Crippen molar-refractivity contribution in [3.05, 3.63) is 35.9 Å². The normalized spacial score (nSPS) is 15.9. The molecule has 12 nitrogen and oxygen atoms in total. The third-order valence-electron chi connectivity index (χ3n) is 3.54. The summed E-state index contributed by atoms with van der Waals surface area (Å²) in [6.45, 7) is 2.00. The second-order valence-corrected chi connectivity index (χ2v) is 6.35. The van der Waals surface area contributed by atoms with E-state index in [0.29, 0.717) is 6.42 Å². The van der Waals surface area contributed by atoms with E-state index in [0.717, 1.165) is 24.9 Å². The van der Waals surface area contributed by atoms with Crippen LogP contribution in [0.15, 0.2) is 30.3 Å². The lowest BCUT2D eigenvalue weighted by molar-refractivity contribution is -0.139. The van der Waals surface area contributed by atoms with Crippen LogP contribution < -0.4 is 22.5 Å². The fraction of sp³-hybridized carbons (Fsp3) is 0.474. The third-order valence-corrected chi connectivity index (χ3v) is 3.54. The molecule has 176 valence electrons. The van der Waals surface area contributed by atoms with Gasteiger partial charge in [0.25, 0.3) is 0 Å². The average Bonchev–Trinajstić information content (AvgIpc) is 3.25. The summed E-state index contributed by atoms with van der Waals surface area (Å²) in [5.41, 5.74) is 15.7. The van der Waals surface area contributed by atoms with Crippen LogP contribution in [0.3, 0.4) is 0 Å². The van der Waals surface area contributed by atoms with Gasteiger partial charge in [-0.25, -0.2) is 0 Å². The van der Waals surface area contributed by atoms with Gasteiger partial charge in [-0.3, -0.25) is 19.2 Å². The molecule has 0 aromatic heterocycles. The van der Waals surface area contributed by atoms with E-state index >= 15 is 0 Å². The van der Waals surface area contributed by atoms with Crippen LogP contribution in [-0.4, -0.2) is 75.5 Å². The molecule has 2 rings (SSSR count). The average molecular weight is 444 g/mol. The van der Waals surface area contributed by atoms with Crippen molar-refractivity contribution in [1.82, 2.24) is 5.32 Å². The van der Waals surface area contributed by atoms with Crippen molar-refractivity contribution in [1.29, 1.82) is 0 Å². The summed E-state index contributed by atoms with van der Waals surface area (Å²) < 4.78 is 0. The number of hydrogen-bond donors (Lipinski definition) is 8. The lowest BCUT2D eigenvalue weighted by Gasteiger charge is -2.04. The molecule has 1 saturated heterocycles. The highest BCUT2D eigenvalue weighted by Crippen LogP contribution is 2.03. The molecule has 1 heterocycles.